The van der Waals surface area contributed by atoms with E-state index < -0.39 is 0 Å². The van der Waals surface area contributed by atoms with Gasteiger partial charge in [-0.25, -0.2) is 0 Å². The minimum Gasteiger partial charge on any atom is -0.399 e. The van der Waals surface area contributed by atoms with E-state index in [1.165, 1.54) is 22.5 Å². The van der Waals surface area contributed by atoms with Crippen LogP contribution in [0.2, 0.25) is 0 Å². The Bertz CT molecular complexity index is 1340. The molecule has 0 atom stereocenters. The first-order valence-corrected chi connectivity index (χ1v) is 12.0. The zero-order valence-corrected chi connectivity index (χ0v) is 20.9. The Balaban J connectivity index is 1.35. The molecule has 1 heterocycles. The quantitative estimate of drug-likeness (QED) is 0.259. The van der Waals surface area contributed by atoms with Gasteiger partial charge in [0.2, 0.25) is 0 Å². The number of nitrogens with two attached hydrogens (primary N) is 2. The summed E-state index contributed by atoms with van der Waals surface area (Å²) >= 11 is 0. The molecular formula is C31H31N5. The molecule has 4 aromatic carbocycles. The molecule has 0 aliphatic carbocycles. The topological polar surface area (TPSA) is 63.4 Å². The molecule has 4 N–H and O–H groups in total. The van der Waals surface area contributed by atoms with Gasteiger partial charge >= 0.3 is 0 Å². The normalized spacial score (nSPS) is 10.9. The van der Waals surface area contributed by atoms with E-state index in [1.54, 1.807) is 0 Å². The molecule has 0 radical (unpaired) electrons. The van der Waals surface area contributed by atoms with Crippen LogP contribution in [0, 0.1) is 0 Å². The van der Waals surface area contributed by atoms with Crippen molar-refractivity contribution in [1.29, 1.82) is 0 Å². The molecule has 5 heteroatoms. The molecule has 0 spiro atoms. The SMILES string of the molecule is CN(c1ccc(N)cc1)c1ccc(-c2ccc(-c3ccc(N(C)c4ccc(N)cc4)cc3)n2C)cc1. The van der Waals surface area contributed by atoms with Crippen molar-refractivity contribution >= 4 is 34.1 Å². The Morgan fingerprint density at radius 2 is 0.722 bits per heavy atom. The third-order valence-corrected chi connectivity index (χ3v) is 6.78. The van der Waals surface area contributed by atoms with Crippen molar-refractivity contribution in [3.63, 3.8) is 0 Å². The number of nitrogens with zero attached hydrogens (tertiary/aromatic N) is 3. The molecule has 5 aromatic rings. The molecular weight excluding hydrogens is 442 g/mol. The monoisotopic (exact) mass is 473 g/mol. The van der Waals surface area contributed by atoms with Gasteiger partial charge in [0.15, 0.2) is 0 Å². The molecule has 0 unspecified atom stereocenters. The molecule has 0 aliphatic heterocycles. The Morgan fingerprint density at radius 3 is 1.03 bits per heavy atom. The van der Waals surface area contributed by atoms with E-state index in [0.717, 1.165) is 34.1 Å². The van der Waals surface area contributed by atoms with Crippen LogP contribution < -0.4 is 21.3 Å². The van der Waals surface area contributed by atoms with Crippen LogP contribution >= 0.6 is 0 Å². The molecule has 0 bridgehead atoms. The highest BCUT2D eigenvalue weighted by atomic mass is 15.1. The summed E-state index contributed by atoms with van der Waals surface area (Å²) in [4.78, 5) is 4.31. The predicted octanol–water partition coefficient (Wildman–Crippen LogP) is 7.06. The number of benzene rings is 4. The summed E-state index contributed by atoms with van der Waals surface area (Å²) in [6.45, 7) is 0. The molecule has 0 saturated carbocycles. The first-order chi connectivity index (χ1) is 17.4. The fraction of sp³-hybridized carbons (Fsp3) is 0.0968. The van der Waals surface area contributed by atoms with Gasteiger partial charge in [0.1, 0.15) is 0 Å². The lowest BCUT2D eigenvalue weighted by Gasteiger charge is -2.20. The number of nitrogen functional groups attached to an aromatic ring is 2. The van der Waals surface area contributed by atoms with Crippen molar-refractivity contribution in [2.45, 2.75) is 0 Å². The lowest BCUT2D eigenvalue weighted by atomic mass is 10.1. The maximum absolute atomic E-state index is 5.83. The number of aromatic nitrogens is 1. The van der Waals surface area contributed by atoms with Crippen LogP contribution in [-0.2, 0) is 7.05 Å². The van der Waals surface area contributed by atoms with Crippen molar-refractivity contribution in [2.24, 2.45) is 7.05 Å². The van der Waals surface area contributed by atoms with Gasteiger partial charge in [0, 0.05) is 66.7 Å². The van der Waals surface area contributed by atoms with Gasteiger partial charge in [-0.3, -0.25) is 0 Å². The summed E-state index contributed by atoms with van der Waals surface area (Å²) in [5.41, 5.74) is 22.4. The number of hydrogen-bond donors (Lipinski definition) is 2. The van der Waals surface area contributed by atoms with E-state index in [0.29, 0.717) is 0 Å². The maximum Gasteiger partial charge on any atom is 0.0482 e. The minimum absolute atomic E-state index is 0.769. The van der Waals surface area contributed by atoms with Crippen LogP contribution in [0.5, 0.6) is 0 Å². The second-order valence-electron chi connectivity index (χ2n) is 9.06. The zero-order valence-electron chi connectivity index (χ0n) is 20.9. The molecule has 5 nitrogen and oxygen atoms in total. The average Bonchev–Trinajstić information content (AvgIpc) is 3.30. The number of rotatable bonds is 6. The average molecular weight is 474 g/mol. The second kappa shape index (κ2) is 9.55. The van der Waals surface area contributed by atoms with Crippen LogP contribution in [-0.4, -0.2) is 18.7 Å². The Morgan fingerprint density at radius 1 is 0.444 bits per heavy atom. The fourth-order valence-electron chi connectivity index (χ4n) is 4.50. The summed E-state index contributed by atoms with van der Waals surface area (Å²) in [7, 11) is 6.25. The molecule has 0 aliphatic rings. The minimum atomic E-state index is 0.769. The summed E-state index contributed by atoms with van der Waals surface area (Å²) in [5.74, 6) is 0. The van der Waals surface area contributed by atoms with Crippen molar-refractivity contribution in [3.05, 3.63) is 109 Å². The third-order valence-electron chi connectivity index (χ3n) is 6.78. The van der Waals surface area contributed by atoms with Crippen molar-refractivity contribution in [3.8, 4) is 22.5 Å². The van der Waals surface area contributed by atoms with Crippen molar-refractivity contribution in [2.75, 3.05) is 35.4 Å². The highest BCUT2D eigenvalue weighted by Gasteiger charge is 2.11. The van der Waals surface area contributed by atoms with Crippen LogP contribution in [0.15, 0.2) is 109 Å². The predicted molar refractivity (Wildman–Crippen MR) is 154 cm³/mol. The van der Waals surface area contributed by atoms with E-state index in [1.807, 2.05) is 48.5 Å². The van der Waals surface area contributed by atoms with E-state index in [2.05, 4.69) is 96.2 Å². The smallest absolute Gasteiger partial charge is 0.0482 e. The van der Waals surface area contributed by atoms with Crippen molar-refractivity contribution in [1.82, 2.24) is 4.57 Å². The van der Waals surface area contributed by atoms with E-state index in [-0.39, 0.29) is 0 Å². The van der Waals surface area contributed by atoms with Crippen LogP contribution in [0.1, 0.15) is 0 Å². The maximum atomic E-state index is 5.83. The van der Waals surface area contributed by atoms with E-state index >= 15 is 0 Å². The molecule has 0 amide bonds. The van der Waals surface area contributed by atoms with E-state index in [4.69, 9.17) is 11.5 Å². The number of anilines is 6. The number of hydrogen-bond acceptors (Lipinski definition) is 4. The highest BCUT2D eigenvalue weighted by Crippen LogP contribution is 2.32. The summed E-state index contributed by atoms with van der Waals surface area (Å²) in [6, 6.07) is 37.5. The van der Waals surface area contributed by atoms with Gasteiger partial charge in [0.25, 0.3) is 0 Å². The lowest BCUT2D eigenvalue weighted by molar-refractivity contribution is 0.946. The van der Waals surface area contributed by atoms with Crippen molar-refractivity contribution < 1.29 is 0 Å². The van der Waals surface area contributed by atoms with Crippen LogP contribution in [0.4, 0.5) is 34.1 Å². The molecule has 0 saturated heterocycles. The fourth-order valence-corrected chi connectivity index (χ4v) is 4.50. The Labute approximate surface area is 212 Å². The van der Waals surface area contributed by atoms with Gasteiger partial charge < -0.3 is 25.8 Å². The van der Waals surface area contributed by atoms with Gasteiger partial charge in [-0.05, 0) is 96.1 Å². The van der Waals surface area contributed by atoms with Gasteiger partial charge in [-0.15, -0.1) is 0 Å². The van der Waals surface area contributed by atoms with Crippen LogP contribution in [0.3, 0.4) is 0 Å². The molecule has 36 heavy (non-hydrogen) atoms. The van der Waals surface area contributed by atoms with Gasteiger partial charge in [-0.1, -0.05) is 24.3 Å². The second-order valence-corrected chi connectivity index (χ2v) is 9.06. The van der Waals surface area contributed by atoms with Crippen LogP contribution in [0.25, 0.3) is 22.5 Å². The van der Waals surface area contributed by atoms with Gasteiger partial charge in [-0.2, -0.15) is 0 Å². The Kier molecular flexibility index (Phi) is 6.13. The van der Waals surface area contributed by atoms with E-state index in [9.17, 15) is 0 Å². The Hall–Kier alpha value is -4.64. The summed E-state index contributed by atoms with van der Waals surface area (Å²) in [6.07, 6.45) is 0. The highest BCUT2D eigenvalue weighted by molar-refractivity contribution is 5.74. The first kappa shape index (κ1) is 23.1. The standard InChI is InChI=1S/C31H31N5/c1-34(28-16-8-24(32)9-17-28)26-12-4-22(5-13-26)30-20-21-31(36(30)3)23-6-14-27(15-7-23)35(2)29-18-10-25(33)11-19-29/h4-21H,32-33H2,1-3H3. The molecule has 5 rings (SSSR count). The third kappa shape index (κ3) is 4.51. The molecule has 180 valence electrons. The van der Waals surface area contributed by atoms with Gasteiger partial charge in [0.05, 0.1) is 0 Å². The summed E-state index contributed by atoms with van der Waals surface area (Å²) < 4.78 is 2.25. The summed E-state index contributed by atoms with van der Waals surface area (Å²) in [5, 5.41) is 0. The zero-order chi connectivity index (χ0) is 25.2. The molecule has 0 fully saturated rings. The largest absolute Gasteiger partial charge is 0.399 e. The first-order valence-electron chi connectivity index (χ1n) is 12.0. The lowest BCUT2D eigenvalue weighted by Crippen LogP contribution is -2.09. The molecule has 1 aromatic heterocycles.